The van der Waals surface area contributed by atoms with Gasteiger partial charge in [0.05, 0.1) is 26.4 Å². The van der Waals surface area contributed by atoms with Gasteiger partial charge in [-0.15, -0.1) is 0 Å². The Labute approximate surface area is 205 Å². The number of hydrogen-bond donors (Lipinski definition) is 2. The molecule has 1 aliphatic rings. The van der Waals surface area contributed by atoms with E-state index in [9.17, 15) is 4.79 Å². The van der Waals surface area contributed by atoms with E-state index in [-0.39, 0.29) is 5.91 Å². The quantitative estimate of drug-likeness (QED) is 0.374. The summed E-state index contributed by atoms with van der Waals surface area (Å²) in [6, 6.07) is 13.8. The largest absolute Gasteiger partial charge is 0.385 e. The number of H-pyrrole nitrogens is 2. The lowest BCUT2D eigenvalue weighted by molar-refractivity contribution is -0.402. The molecule has 1 saturated heterocycles. The summed E-state index contributed by atoms with van der Waals surface area (Å²) < 4.78 is 0. The van der Waals surface area contributed by atoms with Crippen LogP contribution in [0.5, 0.6) is 0 Å². The average Bonchev–Trinajstić information content (AvgIpc) is 3.42. The van der Waals surface area contributed by atoms with Crippen LogP contribution in [0.3, 0.4) is 0 Å². The summed E-state index contributed by atoms with van der Waals surface area (Å²) in [4.78, 5) is 21.3. The average molecular weight is 502 g/mol. The Hall–Kier alpha value is -2.39. The molecule has 2 aromatic heterocycles. The molecule has 4 aromatic rings. The number of halogens is 2. The Balaban J connectivity index is 1.09. The number of nitrogens with zero attached hydrogens (tertiary/aromatic N) is 3. The van der Waals surface area contributed by atoms with E-state index in [1.165, 1.54) is 11.8 Å². The van der Waals surface area contributed by atoms with Gasteiger partial charge in [-0.2, -0.15) is 0 Å². The van der Waals surface area contributed by atoms with E-state index in [1.807, 2.05) is 42.5 Å². The maximum Gasteiger partial charge on any atom is 0.385 e. The van der Waals surface area contributed by atoms with Crippen molar-refractivity contribution in [1.82, 2.24) is 25.4 Å². The fourth-order valence-corrected chi connectivity index (χ4v) is 5.15. The molecule has 3 N–H and O–H groups in total. The van der Waals surface area contributed by atoms with Gasteiger partial charge in [-0.25, -0.2) is 4.98 Å². The molecule has 0 radical (unpaired) electrons. The second-order valence-electron chi connectivity index (χ2n) is 8.26. The number of likely N-dealkylation sites (tertiary alicyclic amines) is 1. The van der Waals surface area contributed by atoms with Gasteiger partial charge in [-0.05, 0) is 65.6 Å². The molecule has 33 heavy (non-hydrogen) atoms. The molecule has 1 aliphatic heterocycles. The van der Waals surface area contributed by atoms with Gasteiger partial charge < -0.3 is 10.3 Å². The van der Waals surface area contributed by atoms with Crippen LogP contribution in [-0.4, -0.2) is 51.4 Å². The summed E-state index contributed by atoms with van der Waals surface area (Å²) in [6.45, 7) is 3.46. The van der Waals surface area contributed by atoms with Crippen molar-refractivity contribution in [1.29, 1.82) is 0 Å². The Morgan fingerprint density at radius 3 is 2.97 bits per heavy atom. The van der Waals surface area contributed by atoms with Crippen molar-refractivity contribution < 1.29 is 9.78 Å². The number of nitrogens with one attached hydrogen (secondary N) is 3. The molecule has 0 bridgehead atoms. The first-order valence-electron chi connectivity index (χ1n) is 10.8. The van der Waals surface area contributed by atoms with E-state index >= 15 is 0 Å². The van der Waals surface area contributed by atoms with Crippen molar-refractivity contribution in [2.24, 2.45) is 5.92 Å². The van der Waals surface area contributed by atoms with Crippen molar-refractivity contribution in [3.05, 3.63) is 58.1 Å². The number of aromatic amines is 2. The van der Waals surface area contributed by atoms with Crippen molar-refractivity contribution in [2.45, 2.75) is 18.1 Å². The number of benzene rings is 2. The number of thioether (sulfide) groups is 1. The zero-order valence-corrected chi connectivity index (χ0v) is 20.1. The highest BCUT2D eigenvalue weighted by molar-refractivity contribution is 7.99. The molecule has 7 nitrogen and oxygen atoms in total. The van der Waals surface area contributed by atoms with Gasteiger partial charge in [0.15, 0.2) is 5.52 Å². The highest BCUT2D eigenvalue weighted by Gasteiger charge is 2.23. The highest BCUT2D eigenvalue weighted by atomic mass is 35.5. The second-order valence-corrected chi connectivity index (χ2v) is 10.0. The van der Waals surface area contributed by atoms with Crippen LogP contribution in [0.25, 0.3) is 22.1 Å². The van der Waals surface area contributed by atoms with Crippen molar-refractivity contribution in [3.8, 4) is 0 Å². The van der Waals surface area contributed by atoms with E-state index in [1.54, 1.807) is 0 Å². The van der Waals surface area contributed by atoms with Gasteiger partial charge in [0.1, 0.15) is 0 Å². The number of amides is 1. The number of para-hydroxylation sites is 1. The van der Waals surface area contributed by atoms with Crippen LogP contribution in [-0.2, 0) is 11.3 Å². The van der Waals surface area contributed by atoms with Crippen molar-refractivity contribution >= 4 is 62.9 Å². The lowest BCUT2D eigenvalue weighted by atomic mass is 10.1. The molecule has 0 aliphatic carbocycles. The van der Waals surface area contributed by atoms with Gasteiger partial charge >= 0.3 is 5.16 Å². The number of rotatable bonds is 7. The molecule has 0 spiro atoms. The predicted molar refractivity (Wildman–Crippen MR) is 132 cm³/mol. The molecular formula is C23H23Cl2N6OS+. The molecule has 3 heterocycles. The van der Waals surface area contributed by atoms with E-state index in [2.05, 4.69) is 30.4 Å². The first kappa shape index (κ1) is 22.4. The highest BCUT2D eigenvalue weighted by Crippen LogP contribution is 2.25. The van der Waals surface area contributed by atoms with Crippen LogP contribution >= 0.6 is 35.0 Å². The van der Waals surface area contributed by atoms with E-state index in [4.69, 9.17) is 23.2 Å². The van der Waals surface area contributed by atoms with E-state index in [0.29, 0.717) is 39.1 Å². The molecule has 1 unspecified atom stereocenters. The van der Waals surface area contributed by atoms with Gasteiger partial charge in [-0.3, -0.25) is 9.69 Å². The smallest absolute Gasteiger partial charge is 0.355 e. The topological polar surface area (TPSA) is 88.0 Å². The normalized spacial score (nSPS) is 16.6. The van der Waals surface area contributed by atoms with Gasteiger partial charge in [0.2, 0.25) is 11.6 Å². The molecule has 1 fully saturated rings. The minimum Gasteiger partial charge on any atom is -0.355 e. The molecular weight excluding hydrogens is 479 g/mol. The molecule has 170 valence electrons. The van der Waals surface area contributed by atoms with Crippen LogP contribution in [0, 0.1) is 5.92 Å². The summed E-state index contributed by atoms with van der Waals surface area (Å²) in [7, 11) is 0. The number of carbonyl (C=O) groups excluding carboxylic acids is 1. The standard InChI is InChI=1S/C23H22Cl2N6OS/c24-17-6-5-14(9-18(17)25)11-31-8-7-15(12-31)10-26-20(32)13-33-23-28-21-16-3-1-2-4-19(16)27-22(21)29-30-23/h1-6,9,15H,7-8,10-13H2,(H,26,32)(H,27,29)/p+1. The molecule has 0 saturated carbocycles. The predicted octanol–water partition coefficient (Wildman–Crippen LogP) is 3.96. The van der Waals surface area contributed by atoms with Crippen LogP contribution in [0.1, 0.15) is 12.0 Å². The Morgan fingerprint density at radius 2 is 2.09 bits per heavy atom. The Kier molecular flexibility index (Phi) is 6.69. The van der Waals surface area contributed by atoms with Crippen LogP contribution in [0.15, 0.2) is 47.6 Å². The summed E-state index contributed by atoms with van der Waals surface area (Å²) in [6.07, 6.45) is 1.06. The van der Waals surface area contributed by atoms with Gasteiger partial charge in [0, 0.05) is 25.0 Å². The second kappa shape index (κ2) is 9.85. The summed E-state index contributed by atoms with van der Waals surface area (Å²) in [5.74, 6) is 0.728. The van der Waals surface area contributed by atoms with Gasteiger partial charge in [-0.1, -0.05) is 41.4 Å². The zero-order chi connectivity index (χ0) is 22.8. The van der Waals surface area contributed by atoms with E-state index in [0.717, 1.165) is 48.0 Å². The summed E-state index contributed by atoms with van der Waals surface area (Å²) >= 11 is 13.5. The van der Waals surface area contributed by atoms with Crippen LogP contribution in [0.2, 0.25) is 10.0 Å². The van der Waals surface area contributed by atoms with E-state index < -0.39 is 0 Å². The SMILES string of the molecule is O=C(CSc1nnc2[nH]c3ccccc3c2[nH+]1)NCC1CCN(Cc2ccc(Cl)c(Cl)c2)C1. The Bertz CT molecular complexity index is 1310. The third-order valence-electron chi connectivity index (χ3n) is 5.85. The first-order valence-corrected chi connectivity index (χ1v) is 12.5. The van der Waals surface area contributed by atoms with Crippen molar-refractivity contribution in [2.75, 3.05) is 25.4 Å². The lowest BCUT2D eigenvalue weighted by Crippen LogP contribution is -2.32. The third kappa shape index (κ3) is 5.24. The fraction of sp³-hybridized carbons (Fsp3) is 0.304. The molecule has 5 rings (SSSR count). The fourth-order valence-electron chi connectivity index (χ4n) is 4.18. The van der Waals surface area contributed by atoms with Crippen molar-refractivity contribution in [3.63, 3.8) is 0 Å². The maximum atomic E-state index is 12.4. The first-order chi connectivity index (χ1) is 16.0. The number of aromatic nitrogens is 4. The third-order valence-corrected chi connectivity index (χ3v) is 7.45. The summed E-state index contributed by atoms with van der Waals surface area (Å²) in [5.41, 5.74) is 3.76. The van der Waals surface area contributed by atoms with Crippen LogP contribution < -0.4 is 10.3 Å². The minimum atomic E-state index is -0.00263. The molecule has 2 aromatic carbocycles. The molecule has 10 heteroatoms. The number of fused-ring (bicyclic) bond motifs is 3. The number of carbonyl (C=O) groups is 1. The summed E-state index contributed by atoms with van der Waals surface area (Å²) in [5, 5.41) is 14.3. The number of hydrogen-bond acceptors (Lipinski definition) is 5. The maximum absolute atomic E-state index is 12.4. The van der Waals surface area contributed by atoms with Gasteiger partial charge in [0.25, 0.3) is 0 Å². The zero-order valence-electron chi connectivity index (χ0n) is 17.8. The molecule has 1 amide bonds. The Morgan fingerprint density at radius 1 is 1.21 bits per heavy atom. The monoisotopic (exact) mass is 501 g/mol. The molecule has 1 atom stereocenters. The van der Waals surface area contributed by atoms with Crippen LogP contribution in [0.4, 0.5) is 0 Å². The minimum absolute atomic E-state index is 0.00263. The lowest BCUT2D eigenvalue weighted by Gasteiger charge is -2.16.